The number of aromatic nitrogens is 2. The van der Waals surface area contributed by atoms with E-state index in [0.717, 1.165) is 0 Å². The molecule has 1 N–H and O–H groups in total. The van der Waals surface area contributed by atoms with E-state index in [2.05, 4.69) is 0 Å². The summed E-state index contributed by atoms with van der Waals surface area (Å²) in [6.07, 6.45) is 5.15. The molecule has 0 aliphatic carbocycles. The Morgan fingerprint density at radius 1 is 1.47 bits per heavy atom. The molecule has 0 spiro atoms. The Kier molecular flexibility index (Phi) is 3.51. The SMILES string of the molecule is CC(C)C(n1cc[n+](C)c1)S(=O)(=O)CO. The van der Waals surface area contributed by atoms with Crippen LogP contribution in [-0.2, 0) is 16.9 Å². The Hall–Kier alpha value is -0.880. The fourth-order valence-electron chi connectivity index (χ4n) is 1.64. The van der Waals surface area contributed by atoms with Crippen LogP contribution >= 0.6 is 0 Å². The molecule has 0 amide bonds. The number of aliphatic hydroxyl groups excluding tert-OH is 1. The van der Waals surface area contributed by atoms with Gasteiger partial charge in [0.05, 0.1) is 7.05 Å². The van der Waals surface area contributed by atoms with Crippen molar-refractivity contribution in [1.29, 1.82) is 0 Å². The maximum Gasteiger partial charge on any atom is 0.244 e. The summed E-state index contributed by atoms with van der Waals surface area (Å²) in [5, 5.41) is 8.17. The minimum Gasteiger partial charge on any atom is -0.380 e. The lowest BCUT2D eigenvalue weighted by Gasteiger charge is -2.16. The monoisotopic (exact) mass is 233 g/mol. The molecule has 0 fully saturated rings. The molecule has 6 heteroatoms. The second kappa shape index (κ2) is 4.32. The third-order valence-corrected chi connectivity index (χ3v) is 4.08. The number of hydrogen-bond acceptors (Lipinski definition) is 3. The fourth-order valence-corrected chi connectivity index (χ4v) is 3.12. The molecule has 0 bridgehead atoms. The average molecular weight is 233 g/mol. The zero-order chi connectivity index (χ0) is 11.6. The van der Waals surface area contributed by atoms with Crippen molar-refractivity contribution in [3.63, 3.8) is 0 Å². The highest BCUT2D eigenvalue weighted by molar-refractivity contribution is 7.91. The highest BCUT2D eigenvalue weighted by Crippen LogP contribution is 2.23. The van der Waals surface area contributed by atoms with Crippen molar-refractivity contribution >= 4 is 9.84 Å². The highest BCUT2D eigenvalue weighted by Gasteiger charge is 2.33. The summed E-state index contributed by atoms with van der Waals surface area (Å²) in [4.78, 5) is 0. The lowest BCUT2D eigenvalue weighted by molar-refractivity contribution is -0.671. The van der Waals surface area contributed by atoms with Crippen molar-refractivity contribution in [2.45, 2.75) is 19.2 Å². The summed E-state index contributed by atoms with van der Waals surface area (Å²) in [6, 6.07) is 0. The summed E-state index contributed by atoms with van der Waals surface area (Å²) in [6.45, 7) is 3.63. The van der Waals surface area contributed by atoms with Gasteiger partial charge >= 0.3 is 0 Å². The molecule has 0 aromatic carbocycles. The van der Waals surface area contributed by atoms with Gasteiger partial charge in [-0.25, -0.2) is 17.6 Å². The minimum absolute atomic E-state index is 0.0884. The number of aliphatic hydroxyl groups is 1. The Balaban J connectivity index is 3.15. The largest absolute Gasteiger partial charge is 0.380 e. The van der Waals surface area contributed by atoms with Crippen molar-refractivity contribution < 1.29 is 18.1 Å². The fraction of sp³-hybridized carbons (Fsp3) is 0.667. The standard InChI is InChI=1S/C9H17N2O3S/c1-8(2)9(15(13,14)7-12)11-5-4-10(3)6-11/h4-6,8-9,12H,7H2,1-3H3/q+1. The maximum atomic E-state index is 11.7. The lowest BCUT2D eigenvalue weighted by atomic mass is 10.2. The summed E-state index contributed by atoms with van der Waals surface area (Å²) in [5.41, 5.74) is 0. The predicted molar refractivity (Wildman–Crippen MR) is 55.5 cm³/mol. The van der Waals surface area contributed by atoms with Crippen LogP contribution in [0.2, 0.25) is 0 Å². The molecule has 1 unspecified atom stereocenters. The number of hydrogen-bond donors (Lipinski definition) is 1. The molecule has 5 nitrogen and oxygen atoms in total. The summed E-state index contributed by atoms with van der Waals surface area (Å²) in [5.74, 6) is -0.910. The van der Waals surface area contributed by atoms with Crippen molar-refractivity contribution in [3.8, 4) is 0 Å². The van der Waals surface area contributed by atoms with Crippen LogP contribution in [0.25, 0.3) is 0 Å². The summed E-state index contributed by atoms with van der Waals surface area (Å²) in [7, 11) is -1.68. The molecule has 1 atom stereocenters. The Morgan fingerprint density at radius 2 is 2.07 bits per heavy atom. The van der Waals surface area contributed by atoms with Gasteiger partial charge in [-0.15, -0.1) is 0 Å². The Morgan fingerprint density at radius 3 is 2.40 bits per heavy atom. The van der Waals surface area contributed by atoms with Gasteiger partial charge in [0.1, 0.15) is 18.3 Å². The molecule has 1 aromatic heterocycles. The molecule has 86 valence electrons. The molecule has 0 saturated heterocycles. The minimum atomic E-state index is -3.49. The van der Waals surface area contributed by atoms with Gasteiger partial charge in [-0.3, -0.25) is 0 Å². The average Bonchev–Trinajstić information content (AvgIpc) is 2.51. The zero-order valence-electron chi connectivity index (χ0n) is 9.16. The van der Waals surface area contributed by atoms with E-state index in [1.807, 2.05) is 20.9 Å². The second-order valence-corrected chi connectivity index (χ2v) is 6.02. The van der Waals surface area contributed by atoms with E-state index in [4.69, 9.17) is 5.11 Å². The van der Waals surface area contributed by atoms with E-state index in [1.54, 1.807) is 27.9 Å². The van der Waals surface area contributed by atoms with Crippen LogP contribution in [0.3, 0.4) is 0 Å². The molecular weight excluding hydrogens is 216 g/mol. The third-order valence-electron chi connectivity index (χ3n) is 2.20. The van der Waals surface area contributed by atoms with E-state index in [1.165, 1.54) is 0 Å². The molecule has 15 heavy (non-hydrogen) atoms. The van der Waals surface area contributed by atoms with Crippen LogP contribution in [-0.4, -0.2) is 24.0 Å². The van der Waals surface area contributed by atoms with Gasteiger partial charge in [-0.2, -0.15) is 0 Å². The highest BCUT2D eigenvalue weighted by atomic mass is 32.2. The van der Waals surface area contributed by atoms with E-state index >= 15 is 0 Å². The Bertz CT molecular complexity index is 422. The van der Waals surface area contributed by atoms with Crippen LogP contribution in [0, 0.1) is 5.92 Å². The van der Waals surface area contributed by atoms with E-state index in [0.29, 0.717) is 0 Å². The van der Waals surface area contributed by atoms with E-state index in [-0.39, 0.29) is 5.92 Å². The van der Waals surface area contributed by atoms with Gasteiger partial charge in [0.2, 0.25) is 21.5 Å². The number of rotatable bonds is 4. The van der Waals surface area contributed by atoms with E-state index in [9.17, 15) is 8.42 Å². The van der Waals surface area contributed by atoms with Gasteiger partial charge in [0, 0.05) is 5.92 Å². The van der Waals surface area contributed by atoms with Gasteiger partial charge in [0.15, 0.2) is 0 Å². The topological polar surface area (TPSA) is 63.2 Å². The number of imidazole rings is 1. The number of sulfone groups is 1. The van der Waals surface area contributed by atoms with Gasteiger partial charge in [-0.05, 0) is 0 Å². The van der Waals surface area contributed by atoms with Crippen LogP contribution in [0.4, 0.5) is 0 Å². The summed E-state index contributed by atoms with van der Waals surface area (Å²) >= 11 is 0. The first-order chi connectivity index (χ1) is 6.88. The van der Waals surface area contributed by atoms with Crippen LogP contribution < -0.4 is 4.57 Å². The molecule has 0 saturated carbocycles. The van der Waals surface area contributed by atoms with Crippen molar-refractivity contribution in [2.24, 2.45) is 13.0 Å². The molecule has 0 radical (unpaired) electrons. The number of aryl methyl sites for hydroxylation is 1. The number of nitrogens with zero attached hydrogens (tertiary/aromatic N) is 2. The zero-order valence-corrected chi connectivity index (χ0v) is 9.98. The van der Waals surface area contributed by atoms with Gasteiger partial charge < -0.3 is 5.11 Å². The quantitative estimate of drug-likeness (QED) is 0.735. The first kappa shape index (κ1) is 12.2. The van der Waals surface area contributed by atoms with Crippen LogP contribution in [0.5, 0.6) is 0 Å². The molecule has 1 aromatic rings. The molecule has 1 rings (SSSR count). The van der Waals surface area contributed by atoms with Gasteiger partial charge in [0.25, 0.3) is 0 Å². The first-order valence-corrected chi connectivity index (χ1v) is 6.45. The molecule has 1 heterocycles. The Labute approximate surface area is 89.9 Å². The van der Waals surface area contributed by atoms with Crippen molar-refractivity contribution in [2.75, 3.05) is 5.94 Å². The first-order valence-electron chi connectivity index (χ1n) is 4.73. The van der Waals surface area contributed by atoms with Crippen molar-refractivity contribution in [1.82, 2.24) is 4.57 Å². The maximum absolute atomic E-state index is 11.7. The summed E-state index contributed by atoms with van der Waals surface area (Å²) < 4.78 is 26.7. The normalized spacial score (nSPS) is 14.5. The molecule has 0 aliphatic rings. The second-order valence-electron chi connectivity index (χ2n) is 3.95. The van der Waals surface area contributed by atoms with Crippen LogP contribution in [0.15, 0.2) is 18.7 Å². The van der Waals surface area contributed by atoms with E-state index < -0.39 is 21.2 Å². The van der Waals surface area contributed by atoms with Crippen molar-refractivity contribution in [3.05, 3.63) is 18.7 Å². The molecule has 0 aliphatic heterocycles. The van der Waals surface area contributed by atoms with Crippen LogP contribution in [0.1, 0.15) is 19.2 Å². The van der Waals surface area contributed by atoms with Gasteiger partial charge in [-0.1, -0.05) is 13.8 Å². The smallest absolute Gasteiger partial charge is 0.244 e. The lowest BCUT2D eigenvalue weighted by Crippen LogP contribution is -2.29. The third kappa shape index (κ3) is 2.57. The molecular formula is C9H17N2O3S+. The predicted octanol–water partition coefficient (Wildman–Crippen LogP) is -0.168.